The lowest BCUT2D eigenvalue weighted by molar-refractivity contribution is -0.140. The number of likely N-dealkylation sites (N-methyl/N-ethyl adjacent to an activating group) is 1. The fourth-order valence-electron chi connectivity index (χ4n) is 5.07. The minimum absolute atomic E-state index is 0.000724. The molecule has 166 valence electrons. The van der Waals surface area contributed by atoms with Gasteiger partial charge in [0.05, 0.1) is 24.8 Å². The van der Waals surface area contributed by atoms with Gasteiger partial charge in [-0.05, 0) is 44.2 Å². The summed E-state index contributed by atoms with van der Waals surface area (Å²) in [5.74, 6) is 0.539. The molecule has 1 saturated carbocycles. The maximum absolute atomic E-state index is 13.3. The van der Waals surface area contributed by atoms with Crippen LogP contribution in [0, 0.1) is 11.3 Å². The average molecular weight is 425 g/mol. The van der Waals surface area contributed by atoms with Gasteiger partial charge in [-0.1, -0.05) is 31.4 Å². The molecule has 0 spiro atoms. The zero-order chi connectivity index (χ0) is 21.8. The van der Waals surface area contributed by atoms with E-state index in [9.17, 15) is 14.9 Å². The summed E-state index contributed by atoms with van der Waals surface area (Å²) < 4.78 is 6.07. The van der Waals surface area contributed by atoms with Gasteiger partial charge in [0.15, 0.2) is 6.10 Å². The van der Waals surface area contributed by atoms with Crippen LogP contribution in [0.4, 0.5) is 5.69 Å². The van der Waals surface area contributed by atoms with E-state index in [4.69, 9.17) is 4.74 Å². The summed E-state index contributed by atoms with van der Waals surface area (Å²) in [4.78, 5) is 31.8. The van der Waals surface area contributed by atoms with Crippen molar-refractivity contribution in [2.45, 2.75) is 63.0 Å². The molecular formula is C24H32N4O3. The fourth-order valence-corrected chi connectivity index (χ4v) is 5.07. The molecule has 1 aromatic rings. The van der Waals surface area contributed by atoms with Crippen LogP contribution in [-0.2, 0) is 9.59 Å². The normalized spacial score (nSPS) is 22.6. The van der Waals surface area contributed by atoms with E-state index in [1.54, 1.807) is 11.9 Å². The molecule has 2 fully saturated rings. The molecule has 4 rings (SSSR count). The van der Waals surface area contributed by atoms with Gasteiger partial charge >= 0.3 is 0 Å². The van der Waals surface area contributed by atoms with Crippen molar-refractivity contribution in [1.29, 1.82) is 5.26 Å². The Morgan fingerprint density at radius 1 is 1.13 bits per heavy atom. The lowest BCUT2D eigenvalue weighted by Crippen LogP contribution is -2.56. The largest absolute Gasteiger partial charge is 0.477 e. The Balaban J connectivity index is 1.51. The Morgan fingerprint density at radius 2 is 1.81 bits per heavy atom. The first-order valence-corrected chi connectivity index (χ1v) is 11.5. The number of carbonyl (C=O) groups is 2. The van der Waals surface area contributed by atoms with Gasteiger partial charge in [0.2, 0.25) is 5.91 Å². The molecule has 0 aromatic heterocycles. The number of fused-ring (bicyclic) bond motifs is 1. The second kappa shape index (κ2) is 9.17. The molecule has 1 aromatic carbocycles. The molecule has 7 heteroatoms. The van der Waals surface area contributed by atoms with Crippen LogP contribution >= 0.6 is 0 Å². The van der Waals surface area contributed by atoms with Gasteiger partial charge in [0, 0.05) is 20.1 Å². The van der Waals surface area contributed by atoms with Crippen molar-refractivity contribution in [3.63, 3.8) is 0 Å². The average Bonchev–Trinajstić information content (AvgIpc) is 2.83. The van der Waals surface area contributed by atoms with Crippen molar-refractivity contribution in [2.24, 2.45) is 0 Å². The fraction of sp³-hybridized carbons (Fsp3) is 0.625. The highest BCUT2D eigenvalue weighted by Crippen LogP contribution is 2.35. The molecule has 7 nitrogen and oxygen atoms in total. The number of hydrogen-bond donors (Lipinski definition) is 0. The first kappa shape index (κ1) is 21.5. The lowest BCUT2D eigenvalue weighted by Gasteiger charge is -2.41. The van der Waals surface area contributed by atoms with E-state index in [-0.39, 0.29) is 18.4 Å². The highest BCUT2D eigenvalue weighted by atomic mass is 16.5. The van der Waals surface area contributed by atoms with E-state index in [1.807, 2.05) is 34.1 Å². The Kier molecular flexibility index (Phi) is 6.35. The molecular weight excluding hydrogens is 392 g/mol. The first-order valence-electron chi connectivity index (χ1n) is 11.5. The summed E-state index contributed by atoms with van der Waals surface area (Å²) >= 11 is 0. The summed E-state index contributed by atoms with van der Waals surface area (Å²) in [5.41, 5.74) is 0.103. The van der Waals surface area contributed by atoms with Crippen LogP contribution in [0.5, 0.6) is 5.75 Å². The third-order valence-corrected chi connectivity index (χ3v) is 7.04. The maximum atomic E-state index is 13.3. The molecule has 1 saturated heterocycles. The molecule has 2 heterocycles. The number of anilines is 1. The minimum Gasteiger partial charge on any atom is -0.477 e. The van der Waals surface area contributed by atoms with Crippen LogP contribution in [0.15, 0.2) is 24.3 Å². The number of rotatable bonds is 4. The Bertz CT molecular complexity index is 853. The molecule has 1 atom stereocenters. The van der Waals surface area contributed by atoms with Crippen molar-refractivity contribution in [1.82, 2.24) is 9.80 Å². The summed E-state index contributed by atoms with van der Waals surface area (Å²) in [6.45, 7) is 2.01. The summed E-state index contributed by atoms with van der Waals surface area (Å²) in [6, 6.07) is 9.99. The molecule has 2 amide bonds. The molecule has 0 N–H and O–H groups in total. The van der Waals surface area contributed by atoms with Crippen molar-refractivity contribution >= 4 is 17.5 Å². The number of benzene rings is 1. The van der Waals surface area contributed by atoms with Crippen LogP contribution in [0.3, 0.4) is 0 Å². The van der Waals surface area contributed by atoms with Crippen LogP contribution in [-0.4, -0.2) is 66.5 Å². The van der Waals surface area contributed by atoms with Gasteiger partial charge in [-0.25, -0.2) is 0 Å². The third-order valence-electron chi connectivity index (χ3n) is 7.04. The molecule has 1 aliphatic carbocycles. The molecule has 0 bridgehead atoms. The maximum Gasteiger partial charge on any atom is 0.265 e. The first-order chi connectivity index (χ1) is 15.0. The number of nitrogens with zero attached hydrogens (tertiary/aromatic N) is 4. The summed E-state index contributed by atoms with van der Waals surface area (Å²) in [7, 11) is 1.75. The van der Waals surface area contributed by atoms with Gasteiger partial charge in [0.1, 0.15) is 11.3 Å². The number of piperidine rings is 1. The highest BCUT2D eigenvalue weighted by Gasteiger charge is 2.40. The zero-order valence-electron chi connectivity index (χ0n) is 18.4. The third kappa shape index (κ3) is 4.34. The summed E-state index contributed by atoms with van der Waals surface area (Å²) in [6.07, 6.45) is 7.09. The number of ether oxygens (including phenoxy) is 1. The second-order valence-corrected chi connectivity index (χ2v) is 9.00. The van der Waals surface area contributed by atoms with E-state index in [2.05, 4.69) is 6.07 Å². The molecule has 0 radical (unpaired) electrons. The minimum atomic E-state index is -0.718. The predicted molar refractivity (Wildman–Crippen MR) is 118 cm³/mol. The lowest BCUT2D eigenvalue weighted by atomic mass is 9.81. The van der Waals surface area contributed by atoms with Gasteiger partial charge in [-0.15, -0.1) is 0 Å². The van der Waals surface area contributed by atoms with Gasteiger partial charge in [-0.2, -0.15) is 5.26 Å². The predicted octanol–water partition coefficient (Wildman–Crippen LogP) is 2.95. The van der Waals surface area contributed by atoms with E-state index >= 15 is 0 Å². The number of amides is 2. The Hall–Kier alpha value is -2.75. The second-order valence-electron chi connectivity index (χ2n) is 9.00. The standard InChI is InChI=1S/C24H32N4O3/c1-26(24(18-25)12-6-2-7-13-24)22(29)17-28-16-21(23(30)27-14-8-3-9-15-27)31-20-11-5-4-10-19(20)28/h4-5,10-11,21H,2-3,6-9,12-17H2,1H3/t21-/m0/s1. The monoisotopic (exact) mass is 424 g/mol. The quantitative estimate of drug-likeness (QED) is 0.743. The van der Waals surface area contributed by atoms with Gasteiger partial charge < -0.3 is 19.4 Å². The van der Waals surface area contributed by atoms with E-state index in [0.29, 0.717) is 12.3 Å². The smallest absolute Gasteiger partial charge is 0.265 e. The van der Waals surface area contributed by atoms with Crippen LogP contribution < -0.4 is 9.64 Å². The highest BCUT2D eigenvalue weighted by molar-refractivity contribution is 5.86. The van der Waals surface area contributed by atoms with Crippen molar-refractivity contribution in [3.05, 3.63) is 24.3 Å². The van der Waals surface area contributed by atoms with Crippen LogP contribution in [0.25, 0.3) is 0 Å². The van der Waals surface area contributed by atoms with Crippen LogP contribution in [0.2, 0.25) is 0 Å². The molecule has 0 unspecified atom stereocenters. The van der Waals surface area contributed by atoms with E-state index in [1.165, 1.54) is 0 Å². The van der Waals surface area contributed by atoms with Crippen molar-refractivity contribution in [3.8, 4) is 11.8 Å². The zero-order valence-corrected chi connectivity index (χ0v) is 18.4. The van der Waals surface area contributed by atoms with Crippen LogP contribution in [0.1, 0.15) is 51.4 Å². The number of carbonyl (C=O) groups excluding carboxylic acids is 2. The summed E-state index contributed by atoms with van der Waals surface area (Å²) in [5, 5.41) is 9.86. The number of nitriles is 1. The molecule has 2 aliphatic heterocycles. The SMILES string of the molecule is CN(C(=O)CN1C[C@@H](C(=O)N2CCCCC2)Oc2ccccc21)C1(C#N)CCCCC1. The van der Waals surface area contributed by atoms with Gasteiger partial charge in [-0.3, -0.25) is 9.59 Å². The molecule has 3 aliphatic rings. The van der Waals surface area contributed by atoms with E-state index in [0.717, 1.165) is 70.1 Å². The topological polar surface area (TPSA) is 76.9 Å². The van der Waals surface area contributed by atoms with E-state index < -0.39 is 11.6 Å². The van der Waals surface area contributed by atoms with Gasteiger partial charge in [0.25, 0.3) is 5.91 Å². The number of para-hydroxylation sites is 2. The van der Waals surface area contributed by atoms with Crippen molar-refractivity contribution < 1.29 is 14.3 Å². The Labute approximate surface area is 184 Å². The Morgan fingerprint density at radius 3 is 2.52 bits per heavy atom. The molecule has 31 heavy (non-hydrogen) atoms. The number of likely N-dealkylation sites (tertiary alicyclic amines) is 1. The van der Waals surface area contributed by atoms with Crippen molar-refractivity contribution in [2.75, 3.05) is 38.1 Å². The number of hydrogen-bond acceptors (Lipinski definition) is 5.